The third-order valence-corrected chi connectivity index (χ3v) is 2.93. The average molecular weight is 322 g/mol. The van der Waals surface area contributed by atoms with Crippen LogP contribution in [0.1, 0.15) is 30.6 Å². The standard InChI is InChI=1S/C15H18N2O6/c1-3-5-6-12(15(19)20)16-14(18)11-9-10(23-4-2)7-8-13(11)17(21)22/h3,5,7-9,12H,4,6H2,1-2H3,(H,16,18)(H,19,20)/b5-3+. The van der Waals surface area contributed by atoms with Crippen LogP contribution in [0.25, 0.3) is 0 Å². The number of carbonyl (C=O) groups excluding carboxylic acids is 1. The number of carboxylic acids is 1. The lowest BCUT2D eigenvalue weighted by Crippen LogP contribution is -2.40. The predicted octanol–water partition coefficient (Wildman–Crippen LogP) is 2.14. The van der Waals surface area contributed by atoms with Gasteiger partial charge in [-0.05, 0) is 32.4 Å². The van der Waals surface area contributed by atoms with E-state index in [1.165, 1.54) is 12.1 Å². The summed E-state index contributed by atoms with van der Waals surface area (Å²) in [6, 6.07) is 2.59. The third kappa shape index (κ3) is 5.10. The molecule has 1 aromatic rings. The van der Waals surface area contributed by atoms with Gasteiger partial charge in [0, 0.05) is 6.07 Å². The molecule has 1 rings (SSSR count). The molecule has 1 unspecified atom stereocenters. The molecule has 0 spiro atoms. The minimum Gasteiger partial charge on any atom is -0.494 e. The second-order valence-electron chi connectivity index (χ2n) is 4.54. The summed E-state index contributed by atoms with van der Waals surface area (Å²) in [5.41, 5.74) is -0.659. The first-order chi connectivity index (χ1) is 10.9. The van der Waals surface area contributed by atoms with Crippen LogP contribution in [0, 0.1) is 10.1 Å². The molecule has 8 nitrogen and oxygen atoms in total. The van der Waals surface area contributed by atoms with Crippen molar-refractivity contribution in [2.45, 2.75) is 26.3 Å². The zero-order valence-electron chi connectivity index (χ0n) is 12.8. The molecule has 0 bridgehead atoms. The Morgan fingerprint density at radius 1 is 1.48 bits per heavy atom. The lowest BCUT2D eigenvalue weighted by molar-refractivity contribution is -0.385. The van der Waals surface area contributed by atoms with E-state index in [0.29, 0.717) is 12.4 Å². The number of nitrogens with zero attached hydrogens (tertiary/aromatic N) is 1. The van der Waals surface area contributed by atoms with Crippen molar-refractivity contribution in [3.8, 4) is 5.75 Å². The zero-order chi connectivity index (χ0) is 17.4. The Kier molecular flexibility index (Phi) is 6.72. The minimum atomic E-state index is -1.22. The maximum Gasteiger partial charge on any atom is 0.326 e. The summed E-state index contributed by atoms with van der Waals surface area (Å²) in [4.78, 5) is 33.7. The first-order valence-corrected chi connectivity index (χ1v) is 6.96. The summed E-state index contributed by atoms with van der Waals surface area (Å²) in [6.45, 7) is 3.79. The maximum absolute atomic E-state index is 12.2. The molecule has 0 aliphatic heterocycles. The molecule has 0 aromatic heterocycles. The summed E-state index contributed by atoms with van der Waals surface area (Å²) >= 11 is 0. The highest BCUT2D eigenvalue weighted by Gasteiger charge is 2.25. The Balaban J connectivity index is 3.10. The van der Waals surface area contributed by atoms with Gasteiger partial charge in [0.05, 0.1) is 11.5 Å². The maximum atomic E-state index is 12.2. The van der Waals surface area contributed by atoms with Gasteiger partial charge in [0.1, 0.15) is 17.4 Å². The third-order valence-electron chi connectivity index (χ3n) is 2.93. The summed E-state index contributed by atoms with van der Waals surface area (Å²) in [5, 5.41) is 22.4. The molecule has 0 fully saturated rings. The number of carboxylic acid groups (broad SMARTS) is 1. The van der Waals surface area contributed by atoms with Crippen LogP contribution >= 0.6 is 0 Å². The van der Waals surface area contributed by atoms with E-state index in [1.807, 2.05) is 0 Å². The van der Waals surface area contributed by atoms with Gasteiger partial charge in [-0.1, -0.05) is 12.2 Å². The Bertz CT molecular complexity index is 626. The molecule has 1 amide bonds. The number of carbonyl (C=O) groups is 2. The van der Waals surface area contributed by atoms with Crippen LogP contribution < -0.4 is 10.1 Å². The second kappa shape index (κ2) is 8.52. The van der Waals surface area contributed by atoms with Gasteiger partial charge in [-0.3, -0.25) is 14.9 Å². The number of rotatable bonds is 8. The van der Waals surface area contributed by atoms with E-state index in [-0.39, 0.29) is 12.0 Å². The molecule has 0 radical (unpaired) electrons. The molecule has 1 atom stereocenters. The van der Waals surface area contributed by atoms with Gasteiger partial charge >= 0.3 is 5.97 Å². The van der Waals surface area contributed by atoms with Crippen molar-refractivity contribution in [2.24, 2.45) is 0 Å². The lowest BCUT2D eigenvalue weighted by atomic mass is 10.1. The molecule has 2 N–H and O–H groups in total. The van der Waals surface area contributed by atoms with E-state index < -0.39 is 28.5 Å². The Labute approximate surface area is 132 Å². The molecule has 0 aliphatic rings. The van der Waals surface area contributed by atoms with Crippen molar-refractivity contribution in [2.75, 3.05) is 6.61 Å². The van der Waals surface area contributed by atoms with Gasteiger partial charge in [-0.15, -0.1) is 0 Å². The fourth-order valence-electron chi connectivity index (χ4n) is 1.84. The largest absolute Gasteiger partial charge is 0.494 e. The number of hydrogen-bond donors (Lipinski definition) is 2. The van der Waals surface area contributed by atoms with Crippen molar-refractivity contribution in [3.63, 3.8) is 0 Å². The van der Waals surface area contributed by atoms with E-state index in [2.05, 4.69) is 5.32 Å². The van der Waals surface area contributed by atoms with Crippen molar-refractivity contribution in [3.05, 3.63) is 46.0 Å². The quantitative estimate of drug-likeness (QED) is 0.430. The van der Waals surface area contributed by atoms with Crippen LogP contribution in [0.5, 0.6) is 5.75 Å². The van der Waals surface area contributed by atoms with Crippen LogP contribution in [0.2, 0.25) is 0 Å². The number of aliphatic carboxylic acids is 1. The monoisotopic (exact) mass is 322 g/mol. The average Bonchev–Trinajstić information content (AvgIpc) is 2.50. The first-order valence-electron chi connectivity index (χ1n) is 6.96. The number of benzene rings is 1. The first kappa shape index (κ1) is 18.1. The van der Waals surface area contributed by atoms with Crippen molar-refractivity contribution < 1.29 is 24.4 Å². The molecule has 23 heavy (non-hydrogen) atoms. The van der Waals surface area contributed by atoms with Crippen LogP contribution in [-0.2, 0) is 4.79 Å². The number of ether oxygens (including phenoxy) is 1. The minimum absolute atomic E-state index is 0.0799. The molecular weight excluding hydrogens is 304 g/mol. The zero-order valence-corrected chi connectivity index (χ0v) is 12.8. The summed E-state index contributed by atoms with van der Waals surface area (Å²) < 4.78 is 5.22. The van der Waals surface area contributed by atoms with E-state index in [0.717, 1.165) is 6.07 Å². The van der Waals surface area contributed by atoms with Gasteiger partial charge < -0.3 is 15.2 Å². The highest BCUT2D eigenvalue weighted by molar-refractivity contribution is 6.00. The smallest absolute Gasteiger partial charge is 0.326 e. The highest BCUT2D eigenvalue weighted by atomic mass is 16.6. The Morgan fingerprint density at radius 3 is 2.70 bits per heavy atom. The Morgan fingerprint density at radius 2 is 2.17 bits per heavy atom. The number of hydrogen-bond acceptors (Lipinski definition) is 5. The molecule has 1 aromatic carbocycles. The number of nitro benzene ring substituents is 1. The van der Waals surface area contributed by atoms with Crippen molar-refractivity contribution in [1.29, 1.82) is 0 Å². The van der Waals surface area contributed by atoms with Gasteiger partial charge in [0.2, 0.25) is 0 Å². The molecule has 0 saturated heterocycles. The number of nitro groups is 1. The van der Waals surface area contributed by atoms with Crippen LogP contribution in [0.3, 0.4) is 0 Å². The molecule has 124 valence electrons. The van der Waals surface area contributed by atoms with Crippen LogP contribution in [0.15, 0.2) is 30.4 Å². The molecule has 0 saturated carbocycles. The van der Waals surface area contributed by atoms with Gasteiger partial charge in [-0.2, -0.15) is 0 Å². The van der Waals surface area contributed by atoms with Gasteiger partial charge in [0.15, 0.2) is 0 Å². The van der Waals surface area contributed by atoms with Crippen LogP contribution in [0.4, 0.5) is 5.69 Å². The molecular formula is C15H18N2O6. The fourth-order valence-corrected chi connectivity index (χ4v) is 1.84. The van der Waals surface area contributed by atoms with Crippen molar-refractivity contribution in [1.82, 2.24) is 5.32 Å². The lowest BCUT2D eigenvalue weighted by Gasteiger charge is -2.13. The van der Waals surface area contributed by atoms with Crippen LogP contribution in [-0.4, -0.2) is 34.6 Å². The van der Waals surface area contributed by atoms with E-state index in [4.69, 9.17) is 9.84 Å². The topological polar surface area (TPSA) is 119 Å². The predicted molar refractivity (Wildman–Crippen MR) is 82.6 cm³/mol. The number of allylic oxidation sites excluding steroid dienone is 1. The van der Waals surface area contributed by atoms with Crippen molar-refractivity contribution >= 4 is 17.6 Å². The summed E-state index contributed by atoms with van der Waals surface area (Å²) in [7, 11) is 0. The Hall–Kier alpha value is -2.90. The van der Waals surface area contributed by atoms with E-state index >= 15 is 0 Å². The SMILES string of the molecule is C/C=C/CC(NC(=O)c1cc(OCC)ccc1[N+](=O)[O-])C(=O)O. The second-order valence-corrected chi connectivity index (χ2v) is 4.54. The van der Waals surface area contributed by atoms with Gasteiger partial charge in [-0.25, -0.2) is 4.79 Å². The van der Waals surface area contributed by atoms with E-state index in [1.54, 1.807) is 26.0 Å². The normalized spacial score (nSPS) is 11.9. The summed E-state index contributed by atoms with van der Waals surface area (Å²) in [6.07, 6.45) is 3.32. The molecule has 8 heteroatoms. The molecule has 0 heterocycles. The number of amides is 1. The number of nitrogens with one attached hydrogen (secondary N) is 1. The van der Waals surface area contributed by atoms with E-state index in [9.17, 15) is 19.7 Å². The van der Waals surface area contributed by atoms with Gasteiger partial charge in [0.25, 0.3) is 11.6 Å². The highest BCUT2D eigenvalue weighted by Crippen LogP contribution is 2.24. The fraction of sp³-hybridized carbons (Fsp3) is 0.333. The molecule has 0 aliphatic carbocycles. The summed E-state index contributed by atoms with van der Waals surface area (Å²) in [5.74, 6) is -1.76.